The monoisotopic (exact) mass is 504 g/mol. The summed E-state index contributed by atoms with van der Waals surface area (Å²) in [4.78, 5) is 21.0. The largest absolute Gasteiger partial charge is 0.466 e. The second-order valence-electron chi connectivity index (χ2n) is 9.08. The van der Waals surface area contributed by atoms with Gasteiger partial charge in [-0.25, -0.2) is 0 Å². The van der Waals surface area contributed by atoms with E-state index in [-0.39, 0.29) is 11.9 Å². The molecule has 4 nitrogen and oxygen atoms in total. The minimum Gasteiger partial charge on any atom is -0.466 e. The highest BCUT2D eigenvalue weighted by atomic mass is 16.5. The molecule has 0 aliphatic heterocycles. The van der Waals surface area contributed by atoms with Crippen LogP contribution in [-0.4, -0.2) is 25.2 Å². The Bertz CT molecular complexity index is 535. The Morgan fingerprint density at radius 1 is 0.472 bits per heavy atom. The first-order valence-electron chi connectivity index (χ1n) is 14.4. The Morgan fingerprint density at radius 3 is 1.11 bits per heavy atom. The van der Waals surface area contributed by atoms with Crippen LogP contribution in [0.2, 0.25) is 0 Å². The van der Waals surface area contributed by atoms with Crippen LogP contribution < -0.4 is 0 Å². The van der Waals surface area contributed by atoms with E-state index >= 15 is 0 Å². The lowest BCUT2D eigenvalue weighted by Gasteiger charge is -1.97. The van der Waals surface area contributed by atoms with Crippen molar-refractivity contribution in [3.63, 3.8) is 0 Å². The molecule has 0 amide bonds. The Kier molecular flexibility index (Phi) is 33.0. The fourth-order valence-electron chi connectivity index (χ4n) is 3.33. The number of unbranched alkanes of at least 4 members (excludes halogenated alkanes) is 12. The van der Waals surface area contributed by atoms with E-state index in [2.05, 4.69) is 38.2 Å². The van der Waals surface area contributed by atoms with Gasteiger partial charge >= 0.3 is 11.9 Å². The summed E-state index contributed by atoms with van der Waals surface area (Å²) in [7, 11) is 0. The molecule has 0 aromatic heterocycles. The van der Waals surface area contributed by atoms with Gasteiger partial charge in [0.1, 0.15) is 0 Å². The van der Waals surface area contributed by atoms with E-state index in [9.17, 15) is 9.59 Å². The molecular formula is C32H56O4. The van der Waals surface area contributed by atoms with Gasteiger partial charge in [0.15, 0.2) is 0 Å². The summed E-state index contributed by atoms with van der Waals surface area (Å²) in [5.74, 6) is -0.413. The van der Waals surface area contributed by atoms with Crippen molar-refractivity contribution in [1.82, 2.24) is 0 Å². The molecule has 0 aromatic rings. The third kappa shape index (κ3) is 39.1. The maximum Gasteiger partial charge on any atom is 0.302 e. The highest BCUT2D eigenvalue weighted by Crippen LogP contribution is 2.08. The zero-order valence-corrected chi connectivity index (χ0v) is 24.0. The Morgan fingerprint density at radius 2 is 0.778 bits per heavy atom. The van der Waals surface area contributed by atoms with Gasteiger partial charge < -0.3 is 9.47 Å². The highest BCUT2D eigenvalue weighted by molar-refractivity contribution is 5.66. The normalized spacial score (nSPS) is 11.4. The van der Waals surface area contributed by atoms with E-state index in [1.165, 1.54) is 104 Å². The van der Waals surface area contributed by atoms with Gasteiger partial charge in [0, 0.05) is 13.8 Å². The summed E-state index contributed by atoms with van der Waals surface area (Å²) in [6.45, 7) is 8.33. The molecule has 0 radical (unpaired) electrons. The van der Waals surface area contributed by atoms with Crippen molar-refractivity contribution in [2.24, 2.45) is 0 Å². The van der Waals surface area contributed by atoms with Crippen molar-refractivity contribution in [1.29, 1.82) is 0 Å². The van der Waals surface area contributed by atoms with Crippen molar-refractivity contribution in [3.05, 3.63) is 48.6 Å². The maximum absolute atomic E-state index is 10.5. The number of hydrogen-bond donors (Lipinski definition) is 0. The minimum absolute atomic E-state index is 0.206. The lowest BCUT2D eigenvalue weighted by Crippen LogP contribution is -1.98. The number of rotatable bonds is 22. The van der Waals surface area contributed by atoms with Crippen molar-refractivity contribution in [3.8, 4) is 0 Å². The molecule has 208 valence electrons. The number of esters is 2. The summed E-state index contributed by atoms with van der Waals surface area (Å²) in [6.07, 6.45) is 36.8. The molecule has 0 aliphatic rings. The molecule has 0 bridgehead atoms. The van der Waals surface area contributed by atoms with Crippen LogP contribution in [0.5, 0.6) is 0 Å². The molecule has 36 heavy (non-hydrogen) atoms. The van der Waals surface area contributed by atoms with Crippen LogP contribution in [0.3, 0.4) is 0 Å². The lowest BCUT2D eigenvalue weighted by atomic mass is 10.1. The maximum atomic E-state index is 10.5. The van der Waals surface area contributed by atoms with E-state index < -0.39 is 0 Å². The average Bonchev–Trinajstić information content (AvgIpc) is 2.85. The van der Waals surface area contributed by atoms with E-state index in [1.807, 2.05) is 24.3 Å². The smallest absolute Gasteiger partial charge is 0.302 e. The van der Waals surface area contributed by atoms with Gasteiger partial charge in [-0.3, -0.25) is 9.59 Å². The second-order valence-corrected chi connectivity index (χ2v) is 9.08. The lowest BCUT2D eigenvalue weighted by molar-refractivity contribution is -0.141. The molecule has 0 unspecified atom stereocenters. The number of ether oxygens (including phenoxy) is 2. The van der Waals surface area contributed by atoms with Crippen LogP contribution in [-0.2, 0) is 19.1 Å². The zero-order valence-electron chi connectivity index (χ0n) is 24.0. The molecule has 0 fully saturated rings. The topological polar surface area (TPSA) is 52.6 Å². The summed E-state index contributed by atoms with van der Waals surface area (Å²) >= 11 is 0. The zero-order chi connectivity index (χ0) is 27.0. The highest BCUT2D eigenvalue weighted by Gasteiger charge is 1.90. The van der Waals surface area contributed by atoms with Gasteiger partial charge in [0.05, 0.1) is 13.2 Å². The van der Waals surface area contributed by atoms with Crippen molar-refractivity contribution in [2.45, 2.75) is 130 Å². The van der Waals surface area contributed by atoms with Gasteiger partial charge in [-0.1, -0.05) is 127 Å². The summed E-state index contributed by atoms with van der Waals surface area (Å²) in [5, 5.41) is 0. The fraction of sp³-hybridized carbons (Fsp3) is 0.688. The van der Waals surface area contributed by atoms with Gasteiger partial charge in [0.25, 0.3) is 0 Å². The number of hydrogen-bond acceptors (Lipinski definition) is 4. The molecule has 0 saturated heterocycles. The third-order valence-corrected chi connectivity index (χ3v) is 5.39. The van der Waals surface area contributed by atoms with Crippen molar-refractivity contribution >= 4 is 11.9 Å². The first-order chi connectivity index (χ1) is 17.5. The second kappa shape index (κ2) is 32.9. The van der Waals surface area contributed by atoms with Gasteiger partial charge in [-0.2, -0.15) is 0 Å². The van der Waals surface area contributed by atoms with Crippen LogP contribution in [0.25, 0.3) is 0 Å². The van der Waals surface area contributed by atoms with Gasteiger partial charge in [-0.05, 0) is 38.5 Å². The molecule has 0 aliphatic carbocycles. The Hall–Kier alpha value is -2.10. The van der Waals surface area contributed by atoms with E-state index in [0.717, 1.165) is 12.8 Å². The van der Waals surface area contributed by atoms with E-state index in [4.69, 9.17) is 9.47 Å². The predicted molar refractivity (Wildman–Crippen MR) is 155 cm³/mol. The number of allylic oxidation sites excluding steroid dienone is 6. The van der Waals surface area contributed by atoms with Crippen LogP contribution >= 0.6 is 0 Å². The molecular weight excluding hydrogens is 448 g/mol. The molecule has 0 N–H and O–H groups in total. The number of carbonyl (C=O) groups excluding carboxylic acids is 2. The molecule has 4 heteroatoms. The third-order valence-electron chi connectivity index (χ3n) is 5.39. The molecule has 0 saturated carbocycles. The quantitative estimate of drug-likeness (QED) is 0.0836. The Labute approximate surface area is 223 Å². The van der Waals surface area contributed by atoms with Crippen LogP contribution in [0.1, 0.15) is 130 Å². The minimum atomic E-state index is -0.206. The first kappa shape index (κ1) is 36.1. The standard InChI is InChI=1S/2C16H28O2/c2*1-3-4-5-6-7-8-9-10-11-12-13-14-15-18-16(2)17/h2*10-13H,3-9,14-15H2,1-2H3. The van der Waals surface area contributed by atoms with E-state index in [0.29, 0.717) is 13.2 Å². The molecule has 0 aromatic carbocycles. The first-order valence-corrected chi connectivity index (χ1v) is 14.4. The summed E-state index contributed by atoms with van der Waals surface area (Å²) < 4.78 is 9.64. The molecule has 0 atom stereocenters. The SMILES string of the molecule is CCCCCCCCC=CC=CCCOC(C)=O.CCCCCCCCC=CC=CCCOC(C)=O. The molecule has 0 spiro atoms. The molecule has 0 heterocycles. The fourth-order valence-corrected chi connectivity index (χ4v) is 3.33. The Balaban J connectivity index is 0. The summed E-state index contributed by atoms with van der Waals surface area (Å²) in [6, 6.07) is 0. The van der Waals surface area contributed by atoms with Crippen LogP contribution in [0.4, 0.5) is 0 Å². The van der Waals surface area contributed by atoms with Gasteiger partial charge in [0.2, 0.25) is 0 Å². The summed E-state index contributed by atoms with van der Waals surface area (Å²) in [5.41, 5.74) is 0. The van der Waals surface area contributed by atoms with Crippen molar-refractivity contribution < 1.29 is 19.1 Å². The molecule has 0 rings (SSSR count). The van der Waals surface area contributed by atoms with Crippen LogP contribution in [0, 0.1) is 0 Å². The van der Waals surface area contributed by atoms with Gasteiger partial charge in [-0.15, -0.1) is 0 Å². The predicted octanol–water partition coefficient (Wildman–Crippen LogP) is 9.61. The van der Waals surface area contributed by atoms with E-state index in [1.54, 1.807) is 0 Å². The number of carbonyl (C=O) groups is 2. The van der Waals surface area contributed by atoms with Crippen molar-refractivity contribution in [2.75, 3.05) is 13.2 Å². The average molecular weight is 505 g/mol. The van der Waals surface area contributed by atoms with Crippen LogP contribution in [0.15, 0.2) is 48.6 Å².